The Morgan fingerprint density at radius 1 is 1.46 bits per heavy atom. The summed E-state index contributed by atoms with van der Waals surface area (Å²) in [6.07, 6.45) is 2.51. The molecule has 0 bridgehead atoms. The fraction of sp³-hybridized carbons (Fsp3) is 0. The van der Waals surface area contributed by atoms with Gasteiger partial charge in [0.2, 0.25) is 0 Å². The molecule has 0 radical (unpaired) electrons. The first-order valence-electron chi connectivity index (χ1n) is 3.18. The fourth-order valence-electron chi connectivity index (χ4n) is 0.934. The number of furan rings is 1. The van der Waals surface area contributed by atoms with Crippen LogP contribution in [-0.2, 0) is 0 Å². The summed E-state index contributed by atoms with van der Waals surface area (Å²) in [6, 6.07) is 1.56. The molecule has 0 aliphatic rings. The third-order valence-corrected chi connectivity index (χ3v) is 1.44. The summed E-state index contributed by atoms with van der Waals surface area (Å²) in [5, 5.41) is 10.5. The van der Waals surface area contributed by atoms with E-state index in [1.165, 1.54) is 6.26 Å². The maximum Gasteiger partial charge on any atom is 1.00 e. The Morgan fingerprint density at radius 2 is 2.23 bits per heavy atom. The van der Waals surface area contributed by atoms with Crippen LogP contribution >= 0.6 is 0 Å². The van der Waals surface area contributed by atoms with Crippen LogP contribution in [-0.4, -0.2) is 15.9 Å². The summed E-state index contributed by atoms with van der Waals surface area (Å²) in [6.45, 7) is 0. The molecule has 2 aromatic rings. The van der Waals surface area contributed by atoms with Crippen molar-refractivity contribution in [1.29, 1.82) is 0 Å². The number of carbonyl (C=O) groups is 1. The van der Waals surface area contributed by atoms with Crippen molar-refractivity contribution in [3.05, 3.63) is 24.4 Å². The van der Waals surface area contributed by atoms with Gasteiger partial charge in [-0.1, -0.05) is 0 Å². The molecule has 0 amide bonds. The first kappa shape index (κ1) is 9.77. The number of hydrogen-bond acceptors (Lipinski definition) is 5. The van der Waals surface area contributed by atoms with Crippen molar-refractivity contribution in [2.24, 2.45) is 0 Å². The van der Waals surface area contributed by atoms with E-state index in [9.17, 15) is 9.90 Å². The molecule has 2 heterocycles. The van der Waals surface area contributed by atoms with Gasteiger partial charge in [0.05, 0.1) is 12.2 Å². The van der Waals surface area contributed by atoms with Gasteiger partial charge >= 0.3 is 18.9 Å². The monoisotopic (exact) mass is 170 g/mol. The minimum Gasteiger partial charge on any atom is -0.543 e. The van der Waals surface area contributed by atoms with E-state index in [0.717, 1.165) is 6.33 Å². The number of hydrogen-bond donors (Lipinski definition) is 0. The molecule has 0 saturated heterocycles. The predicted molar refractivity (Wildman–Crippen MR) is 36.1 cm³/mol. The van der Waals surface area contributed by atoms with Crippen LogP contribution in [0.25, 0.3) is 11.1 Å². The average Bonchev–Trinajstić information content (AvgIpc) is 2.49. The second kappa shape index (κ2) is 3.60. The van der Waals surface area contributed by atoms with E-state index in [1.807, 2.05) is 0 Å². The molecule has 0 aromatic carbocycles. The summed E-state index contributed by atoms with van der Waals surface area (Å²) in [5.41, 5.74) is 0.395. The molecule has 13 heavy (non-hydrogen) atoms. The molecule has 5 nitrogen and oxygen atoms in total. The molecule has 0 fully saturated rings. The topological polar surface area (TPSA) is 79.0 Å². The van der Waals surface area contributed by atoms with Crippen LogP contribution in [0.3, 0.4) is 0 Å². The van der Waals surface area contributed by atoms with E-state index in [1.54, 1.807) is 6.07 Å². The van der Waals surface area contributed by atoms with Crippen molar-refractivity contribution in [1.82, 2.24) is 9.97 Å². The second-order valence-corrected chi connectivity index (χ2v) is 2.14. The molecular weight excluding hydrogens is 167 g/mol. The summed E-state index contributed by atoms with van der Waals surface area (Å²) in [5.74, 6) is -1.36. The number of fused-ring (bicyclic) bond motifs is 1. The van der Waals surface area contributed by atoms with E-state index >= 15 is 0 Å². The van der Waals surface area contributed by atoms with Crippen LogP contribution in [0.1, 0.15) is 10.5 Å². The normalized spacial score (nSPS) is 9.54. The number of aromatic carboxylic acids is 1. The van der Waals surface area contributed by atoms with Gasteiger partial charge in [-0.25, -0.2) is 9.97 Å². The Kier molecular flexibility index (Phi) is 2.71. The number of aromatic nitrogens is 2. The first-order valence-corrected chi connectivity index (χ1v) is 3.18. The zero-order valence-corrected chi connectivity index (χ0v) is 6.85. The molecule has 2 aromatic heterocycles. The minimum atomic E-state index is -1.36. The van der Waals surface area contributed by atoms with Crippen LogP contribution in [0, 0.1) is 0 Å². The van der Waals surface area contributed by atoms with Crippen molar-refractivity contribution in [2.75, 3.05) is 0 Å². The quantitative estimate of drug-likeness (QED) is 0.416. The molecule has 6 heteroatoms. The van der Waals surface area contributed by atoms with E-state index in [4.69, 9.17) is 4.42 Å². The molecular formula is C7H3LiN2O3. The van der Waals surface area contributed by atoms with Crippen LogP contribution in [0.2, 0.25) is 0 Å². The Hall–Kier alpha value is -1.31. The van der Waals surface area contributed by atoms with Gasteiger partial charge in [0.25, 0.3) is 0 Å². The van der Waals surface area contributed by atoms with Crippen molar-refractivity contribution in [2.45, 2.75) is 0 Å². The first-order chi connectivity index (χ1) is 5.79. The maximum absolute atomic E-state index is 10.5. The Labute approximate surface area is 85.0 Å². The molecule has 0 aliphatic heterocycles. The van der Waals surface area contributed by atoms with Crippen LogP contribution in [0.15, 0.2) is 23.1 Å². The minimum absolute atomic E-state index is 0. The predicted octanol–water partition coefficient (Wildman–Crippen LogP) is -3.41. The van der Waals surface area contributed by atoms with Gasteiger partial charge in [-0.2, -0.15) is 0 Å². The molecule has 0 aliphatic carbocycles. The summed E-state index contributed by atoms with van der Waals surface area (Å²) < 4.78 is 4.86. The zero-order valence-electron chi connectivity index (χ0n) is 6.85. The number of nitrogens with zero attached hydrogens (tertiary/aromatic N) is 2. The molecule has 0 unspecified atom stereocenters. The van der Waals surface area contributed by atoms with E-state index < -0.39 is 5.97 Å². The van der Waals surface area contributed by atoms with Crippen molar-refractivity contribution in [3.63, 3.8) is 0 Å². The summed E-state index contributed by atoms with van der Waals surface area (Å²) in [7, 11) is 0. The smallest absolute Gasteiger partial charge is 0.543 e. The largest absolute Gasteiger partial charge is 1.00 e. The van der Waals surface area contributed by atoms with Gasteiger partial charge in [0.15, 0.2) is 5.58 Å². The fourth-order valence-corrected chi connectivity index (χ4v) is 0.934. The van der Waals surface area contributed by atoms with Gasteiger partial charge in [-0.3, -0.25) is 0 Å². The maximum atomic E-state index is 10.5. The third-order valence-electron chi connectivity index (χ3n) is 1.44. The molecule has 0 spiro atoms. The molecule has 0 atom stereocenters. The standard InChI is InChI=1S/C7H4N2O3.Li/c10-7(11)5-6-4(1-2-12-6)8-3-9-5;/h1-3H,(H,10,11);/q;+1/p-1. The average molecular weight is 170 g/mol. The van der Waals surface area contributed by atoms with Gasteiger partial charge in [0.1, 0.15) is 17.5 Å². The van der Waals surface area contributed by atoms with Gasteiger partial charge in [-0.15, -0.1) is 0 Å². The number of carbonyl (C=O) groups excluding carboxylic acids is 1. The van der Waals surface area contributed by atoms with E-state index in [-0.39, 0.29) is 30.1 Å². The van der Waals surface area contributed by atoms with E-state index in [2.05, 4.69) is 9.97 Å². The Balaban J connectivity index is 0.000000845. The molecule has 0 N–H and O–H groups in total. The van der Waals surface area contributed by atoms with Crippen LogP contribution in [0.5, 0.6) is 0 Å². The number of carboxylic acid groups (broad SMARTS) is 1. The van der Waals surface area contributed by atoms with Crippen molar-refractivity contribution >= 4 is 17.1 Å². The second-order valence-electron chi connectivity index (χ2n) is 2.14. The van der Waals surface area contributed by atoms with Gasteiger partial charge in [0, 0.05) is 6.07 Å². The number of rotatable bonds is 1. The van der Waals surface area contributed by atoms with Crippen LogP contribution in [0.4, 0.5) is 0 Å². The molecule has 60 valence electrons. The summed E-state index contributed by atoms with van der Waals surface area (Å²) in [4.78, 5) is 17.8. The molecule has 2 rings (SSSR count). The summed E-state index contributed by atoms with van der Waals surface area (Å²) >= 11 is 0. The zero-order chi connectivity index (χ0) is 8.55. The Morgan fingerprint density at radius 3 is 2.92 bits per heavy atom. The van der Waals surface area contributed by atoms with Gasteiger partial charge in [-0.05, 0) is 0 Å². The number of carboxylic acids is 1. The van der Waals surface area contributed by atoms with Crippen molar-refractivity contribution < 1.29 is 33.2 Å². The third kappa shape index (κ3) is 1.57. The van der Waals surface area contributed by atoms with E-state index in [0.29, 0.717) is 5.52 Å². The van der Waals surface area contributed by atoms with Gasteiger partial charge < -0.3 is 14.3 Å². The molecule has 0 saturated carbocycles. The SMILES string of the molecule is O=C([O-])c1ncnc2ccoc12.[Li+]. The van der Waals surface area contributed by atoms with Crippen LogP contribution < -0.4 is 24.0 Å². The van der Waals surface area contributed by atoms with Crippen molar-refractivity contribution in [3.8, 4) is 0 Å². The Bertz CT molecular complexity index is 440.